The number of piperidine rings is 1. The van der Waals surface area contributed by atoms with Crippen LogP contribution in [0.5, 0.6) is 0 Å². The van der Waals surface area contributed by atoms with Crippen molar-refractivity contribution in [1.82, 2.24) is 9.80 Å². The van der Waals surface area contributed by atoms with Crippen molar-refractivity contribution in [3.8, 4) is 0 Å². The Morgan fingerprint density at radius 1 is 1.21 bits per heavy atom. The largest absolute Gasteiger partial charge is 0.548 e. The highest BCUT2D eigenvalue weighted by Crippen LogP contribution is 2.25. The van der Waals surface area contributed by atoms with Crippen molar-refractivity contribution < 1.29 is 25.2 Å². The van der Waals surface area contributed by atoms with Gasteiger partial charge in [0.15, 0.2) is 6.04 Å². The van der Waals surface area contributed by atoms with Crippen molar-refractivity contribution in [2.75, 3.05) is 31.6 Å². The van der Waals surface area contributed by atoms with Gasteiger partial charge in [-0.2, -0.15) is 11.8 Å². The monoisotopic (exact) mass is 357 g/mol. The number of rotatable bonds is 6. The molecule has 0 unspecified atom stereocenters. The number of hydrogen-bond donors (Lipinski definition) is 1. The molecule has 2 fully saturated rings. The van der Waals surface area contributed by atoms with Gasteiger partial charge in [-0.1, -0.05) is 0 Å². The van der Waals surface area contributed by atoms with Crippen LogP contribution in [0, 0.1) is 5.92 Å². The van der Waals surface area contributed by atoms with Crippen LogP contribution in [0.25, 0.3) is 0 Å². The molecule has 0 aliphatic carbocycles. The van der Waals surface area contributed by atoms with E-state index in [1.165, 1.54) is 4.90 Å². The summed E-state index contributed by atoms with van der Waals surface area (Å²) in [5.41, 5.74) is 3.95. The van der Waals surface area contributed by atoms with Crippen LogP contribution in [-0.2, 0) is 14.4 Å². The zero-order chi connectivity index (χ0) is 17.7. The molecule has 2 amide bonds. The molecule has 0 bridgehead atoms. The molecule has 2 rings (SSSR count). The van der Waals surface area contributed by atoms with Crippen LogP contribution in [0.4, 0.5) is 0 Å². The smallest absolute Gasteiger partial charge is 0.280 e. The fourth-order valence-electron chi connectivity index (χ4n) is 3.50. The molecular formula is C16H27N3O4S. The van der Waals surface area contributed by atoms with Crippen molar-refractivity contribution >= 4 is 29.5 Å². The molecular weight excluding hydrogens is 330 g/mol. The Hall–Kier alpha value is -1.28. The molecule has 2 aliphatic heterocycles. The average molecular weight is 357 g/mol. The number of carbonyl (C=O) groups excluding carboxylic acids is 3. The molecule has 8 heteroatoms. The van der Waals surface area contributed by atoms with Crippen LogP contribution in [-0.4, -0.2) is 71.3 Å². The lowest BCUT2D eigenvalue weighted by molar-refractivity contribution is -0.406. The number of carbonyl (C=O) groups is 3. The number of quaternary nitrogens is 1. The number of thioether (sulfide) groups is 1. The summed E-state index contributed by atoms with van der Waals surface area (Å²) in [6, 6.07) is -1.02. The molecule has 24 heavy (non-hydrogen) atoms. The summed E-state index contributed by atoms with van der Waals surface area (Å²) in [5, 5.41) is 11.1. The molecule has 0 aromatic carbocycles. The molecule has 2 saturated heterocycles. The Morgan fingerprint density at radius 2 is 1.88 bits per heavy atom. The molecule has 3 N–H and O–H groups in total. The first-order valence-electron chi connectivity index (χ1n) is 8.57. The maximum absolute atomic E-state index is 12.6. The lowest BCUT2D eigenvalue weighted by Gasteiger charge is -2.35. The lowest BCUT2D eigenvalue weighted by atomic mass is 9.94. The van der Waals surface area contributed by atoms with Gasteiger partial charge in [-0.3, -0.25) is 9.59 Å². The van der Waals surface area contributed by atoms with Gasteiger partial charge in [-0.05, 0) is 37.7 Å². The Labute approximate surface area is 146 Å². The maximum atomic E-state index is 12.6. The second-order valence-electron chi connectivity index (χ2n) is 6.59. The van der Waals surface area contributed by atoms with Gasteiger partial charge in [0.25, 0.3) is 5.91 Å². The number of aliphatic carboxylic acids is 1. The fourth-order valence-corrected chi connectivity index (χ4v) is 4.02. The predicted molar refractivity (Wildman–Crippen MR) is 88.7 cm³/mol. The third kappa shape index (κ3) is 4.42. The van der Waals surface area contributed by atoms with Crippen LogP contribution < -0.4 is 10.8 Å². The topological polar surface area (TPSA) is 108 Å². The molecule has 0 aromatic heterocycles. The Kier molecular flexibility index (Phi) is 6.91. The van der Waals surface area contributed by atoms with Gasteiger partial charge in [-0.15, -0.1) is 0 Å². The Morgan fingerprint density at radius 3 is 2.46 bits per heavy atom. The molecule has 2 heterocycles. The van der Waals surface area contributed by atoms with E-state index >= 15 is 0 Å². The van der Waals surface area contributed by atoms with Crippen molar-refractivity contribution in [3.05, 3.63) is 0 Å². The number of likely N-dealkylation sites (tertiary alicyclic amines) is 2. The standard InChI is InChI=1S/C16H27N3O4S/c1-24-10-6-12(17)15(21)18-8-4-11(5-9-18)14(20)19-7-2-3-13(19)16(22)23/h11-13H,2-10,17H2,1H3,(H,22,23)/t12-,13-/m0/s1. The predicted octanol–water partition coefficient (Wildman–Crippen LogP) is -1.67. The summed E-state index contributed by atoms with van der Waals surface area (Å²) < 4.78 is 0. The number of carboxylic acids is 1. The van der Waals surface area contributed by atoms with Crippen LogP contribution in [0.15, 0.2) is 0 Å². The summed E-state index contributed by atoms with van der Waals surface area (Å²) in [4.78, 5) is 39.3. The van der Waals surface area contributed by atoms with E-state index < -0.39 is 12.0 Å². The molecule has 7 nitrogen and oxygen atoms in total. The zero-order valence-corrected chi connectivity index (χ0v) is 15.1. The van der Waals surface area contributed by atoms with Crippen LogP contribution in [0.3, 0.4) is 0 Å². The summed E-state index contributed by atoms with van der Waals surface area (Å²) in [6.45, 7) is 1.58. The first kappa shape index (κ1) is 19.1. The molecule has 136 valence electrons. The quantitative estimate of drug-likeness (QED) is 0.611. The van der Waals surface area contributed by atoms with Gasteiger partial charge < -0.3 is 25.4 Å². The van der Waals surface area contributed by atoms with E-state index in [4.69, 9.17) is 0 Å². The van der Waals surface area contributed by atoms with E-state index in [2.05, 4.69) is 5.73 Å². The SMILES string of the molecule is CSCC[C@H]([NH3+])C(=O)N1CCC(C(=O)N2CCC[C@H]2C(=O)[O-])CC1. The molecule has 0 radical (unpaired) electrons. The number of hydrogen-bond acceptors (Lipinski definition) is 5. The van der Waals surface area contributed by atoms with E-state index in [1.807, 2.05) is 6.26 Å². The minimum Gasteiger partial charge on any atom is -0.548 e. The van der Waals surface area contributed by atoms with E-state index in [1.54, 1.807) is 16.7 Å². The van der Waals surface area contributed by atoms with E-state index in [0.29, 0.717) is 45.3 Å². The third-order valence-electron chi connectivity index (χ3n) is 4.98. The summed E-state index contributed by atoms with van der Waals surface area (Å²) in [7, 11) is 0. The number of amides is 2. The molecule has 0 spiro atoms. The summed E-state index contributed by atoms with van der Waals surface area (Å²) in [6.07, 6.45) is 5.14. The van der Waals surface area contributed by atoms with E-state index in [0.717, 1.165) is 12.2 Å². The van der Waals surface area contributed by atoms with Crippen LogP contribution >= 0.6 is 11.8 Å². The van der Waals surface area contributed by atoms with Gasteiger partial charge >= 0.3 is 0 Å². The third-order valence-corrected chi connectivity index (χ3v) is 5.63. The van der Waals surface area contributed by atoms with Gasteiger partial charge in [0.05, 0.1) is 12.0 Å². The number of nitrogens with zero attached hydrogens (tertiary/aromatic N) is 2. The average Bonchev–Trinajstić information content (AvgIpc) is 3.08. The highest BCUT2D eigenvalue weighted by atomic mass is 32.2. The van der Waals surface area contributed by atoms with Gasteiger partial charge in [-0.25, -0.2) is 0 Å². The minimum absolute atomic E-state index is 0.0590. The highest BCUT2D eigenvalue weighted by molar-refractivity contribution is 7.98. The molecule has 0 saturated carbocycles. The Balaban J connectivity index is 1.85. The summed E-state index contributed by atoms with van der Waals surface area (Å²) in [5.74, 6) is -0.481. The lowest BCUT2D eigenvalue weighted by Crippen LogP contribution is -2.68. The van der Waals surface area contributed by atoms with Gasteiger partial charge in [0.2, 0.25) is 5.91 Å². The number of carboxylic acid groups (broad SMARTS) is 1. The fraction of sp³-hybridized carbons (Fsp3) is 0.812. The first-order valence-corrected chi connectivity index (χ1v) is 9.97. The summed E-state index contributed by atoms with van der Waals surface area (Å²) >= 11 is 1.70. The highest BCUT2D eigenvalue weighted by Gasteiger charge is 2.36. The van der Waals surface area contributed by atoms with Crippen molar-refractivity contribution in [2.45, 2.75) is 44.2 Å². The van der Waals surface area contributed by atoms with E-state index in [-0.39, 0.29) is 23.8 Å². The minimum atomic E-state index is -1.16. The molecule has 2 aliphatic rings. The first-order chi connectivity index (χ1) is 11.5. The molecule has 2 atom stereocenters. The van der Waals surface area contributed by atoms with E-state index in [9.17, 15) is 19.5 Å². The second kappa shape index (κ2) is 8.71. The van der Waals surface area contributed by atoms with Gasteiger partial charge in [0.1, 0.15) is 0 Å². The van der Waals surface area contributed by atoms with Crippen LogP contribution in [0.1, 0.15) is 32.1 Å². The zero-order valence-electron chi connectivity index (χ0n) is 14.2. The normalized spacial score (nSPS) is 23.3. The van der Waals surface area contributed by atoms with Crippen molar-refractivity contribution in [2.24, 2.45) is 5.92 Å². The maximum Gasteiger partial charge on any atom is 0.280 e. The van der Waals surface area contributed by atoms with Crippen molar-refractivity contribution in [1.29, 1.82) is 0 Å². The molecule has 0 aromatic rings. The second-order valence-corrected chi connectivity index (χ2v) is 7.57. The van der Waals surface area contributed by atoms with Crippen molar-refractivity contribution in [3.63, 3.8) is 0 Å². The Bertz CT molecular complexity index is 480. The van der Waals surface area contributed by atoms with Crippen LogP contribution in [0.2, 0.25) is 0 Å². The van der Waals surface area contributed by atoms with Gasteiger partial charge in [0, 0.05) is 32.0 Å².